The highest BCUT2D eigenvalue weighted by Crippen LogP contribution is 2.25. The number of anilines is 2. The van der Waals surface area contributed by atoms with Crippen LogP contribution in [-0.4, -0.2) is 64.8 Å². The molecule has 1 unspecified atom stereocenters. The van der Waals surface area contributed by atoms with Gasteiger partial charge in [-0.2, -0.15) is 0 Å². The lowest BCUT2D eigenvalue weighted by molar-refractivity contribution is -0.132. The van der Waals surface area contributed by atoms with E-state index in [1.54, 1.807) is 54.3 Å². The van der Waals surface area contributed by atoms with E-state index in [9.17, 15) is 17.6 Å². The second-order valence-corrected chi connectivity index (χ2v) is 9.06. The lowest BCUT2D eigenvalue weighted by Gasteiger charge is -2.39. The minimum atomic E-state index is -3.69. The third-order valence-electron chi connectivity index (χ3n) is 5.18. The number of carbonyl (C=O) groups excluding carboxylic acids is 1. The van der Waals surface area contributed by atoms with Crippen molar-refractivity contribution in [2.75, 3.05) is 48.7 Å². The third kappa shape index (κ3) is 4.67. The number of ether oxygens (including phenoxy) is 1. The van der Waals surface area contributed by atoms with Crippen LogP contribution in [0.15, 0.2) is 48.5 Å². The Balaban J connectivity index is 1.73. The molecule has 1 atom stereocenters. The smallest absolute Gasteiger partial charge is 0.246 e. The van der Waals surface area contributed by atoms with Crippen molar-refractivity contribution >= 4 is 27.3 Å². The molecule has 1 fully saturated rings. The van der Waals surface area contributed by atoms with Gasteiger partial charge in [0.15, 0.2) is 0 Å². The maximum atomic E-state index is 14.0. The van der Waals surface area contributed by atoms with Crippen molar-refractivity contribution in [1.29, 1.82) is 0 Å². The van der Waals surface area contributed by atoms with Crippen LogP contribution in [0.2, 0.25) is 0 Å². The van der Waals surface area contributed by atoms with Crippen LogP contribution in [0.1, 0.15) is 6.92 Å². The van der Waals surface area contributed by atoms with E-state index in [0.29, 0.717) is 43.3 Å². The molecular formula is C21H26FN3O4S. The van der Waals surface area contributed by atoms with Crippen molar-refractivity contribution in [3.05, 3.63) is 54.3 Å². The molecule has 7 nitrogen and oxygen atoms in total. The fourth-order valence-electron chi connectivity index (χ4n) is 3.67. The van der Waals surface area contributed by atoms with Crippen molar-refractivity contribution in [1.82, 2.24) is 4.90 Å². The number of nitrogens with zero attached hydrogens (tertiary/aromatic N) is 3. The fourth-order valence-corrected chi connectivity index (χ4v) is 4.84. The first kappa shape index (κ1) is 21.9. The molecule has 2 aromatic rings. The summed E-state index contributed by atoms with van der Waals surface area (Å²) in [6.45, 7) is 3.30. The first-order valence-electron chi connectivity index (χ1n) is 9.64. The zero-order chi connectivity index (χ0) is 21.9. The Morgan fingerprint density at radius 1 is 1.07 bits per heavy atom. The highest BCUT2D eigenvalue weighted by atomic mass is 32.2. The van der Waals surface area contributed by atoms with Crippen molar-refractivity contribution in [3.63, 3.8) is 0 Å². The predicted octanol–water partition coefficient (Wildman–Crippen LogP) is 2.34. The summed E-state index contributed by atoms with van der Waals surface area (Å²) in [7, 11) is -2.17. The molecule has 162 valence electrons. The van der Waals surface area contributed by atoms with Crippen molar-refractivity contribution in [3.8, 4) is 5.75 Å². The quantitative estimate of drug-likeness (QED) is 0.697. The minimum absolute atomic E-state index is 0.288. The molecule has 1 aliphatic heterocycles. The first-order valence-corrected chi connectivity index (χ1v) is 11.5. The number of sulfonamides is 1. The van der Waals surface area contributed by atoms with Crippen LogP contribution < -0.4 is 13.9 Å². The SMILES string of the molecule is COc1ccc(N(C(C)C(=O)N2CCN(c3ccccc3F)CC2)S(C)(=O)=O)cc1. The van der Waals surface area contributed by atoms with Crippen LogP contribution >= 0.6 is 0 Å². The number of para-hydroxylation sites is 1. The van der Waals surface area contributed by atoms with Gasteiger partial charge in [-0.1, -0.05) is 12.1 Å². The van der Waals surface area contributed by atoms with Crippen LogP contribution in [0.25, 0.3) is 0 Å². The van der Waals surface area contributed by atoms with Gasteiger partial charge in [-0.05, 0) is 43.3 Å². The van der Waals surface area contributed by atoms with E-state index in [0.717, 1.165) is 10.6 Å². The van der Waals surface area contributed by atoms with E-state index in [2.05, 4.69) is 0 Å². The maximum Gasteiger partial charge on any atom is 0.246 e. The predicted molar refractivity (Wildman–Crippen MR) is 115 cm³/mol. The molecule has 1 aliphatic rings. The summed E-state index contributed by atoms with van der Waals surface area (Å²) in [5.41, 5.74) is 0.901. The molecule has 0 saturated carbocycles. The number of amides is 1. The van der Waals surface area contributed by atoms with Gasteiger partial charge in [-0.25, -0.2) is 12.8 Å². The Labute approximate surface area is 176 Å². The van der Waals surface area contributed by atoms with Gasteiger partial charge in [0.25, 0.3) is 0 Å². The highest BCUT2D eigenvalue weighted by Gasteiger charge is 2.33. The molecule has 0 aromatic heterocycles. The van der Waals surface area contributed by atoms with Gasteiger partial charge < -0.3 is 14.5 Å². The van der Waals surface area contributed by atoms with Gasteiger partial charge in [0.2, 0.25) is 15.9 Å². The number of methoxy groups -OCH3 is 1. The molecular weight excluding hydrogens is 409 g/mol. The second-order valence-electron chi connectivity index (χ2n) is 7.20. The van der Waals surface area contributed by atoms with Crippen LogP contribution in [0.5, 0.6) is 5.75 Å². The summed E-state index contributed by atoms with van der Waals surface area (Å²) in [6.07, 6.45) is 1.08. The first-order chi connectivity index (χ1) is 14.2. The van der Waals surface area contributed by atoms with Crippen molar-refractivity contribution in [2.24, 2.45) is 0 Å². The van der Waals surface area contributed by atoms with E-state index in [4.69, 9.17) is 4.74 Å². The second kappa shape index (κ2) is 8.91. The topological polar surface area (TPSA) is 70.2 Å². The zero-order valence-corrected chi connectivity index (χ0v) is 18.1. The Bertz CT molecular complexity index is 990. The molecule has 1 amide bonds. The summed E-state index contributed by atoms with van der Waals surface area (Å²) in [4.78, 5) is 16.6. The van der Waals surface area contributed by atoms with Gasteiger partial charge in [-0.3, -0.25) is 9.10 Å². The molecule has 0 aliphatic carbocycles. The molecule has 9 heteroatoms. The standard InChI is InChI=1S/C21H26FN3O4S/c1-16(25(30(3,27)28)17-8-10-18(29-2)11-9-17)21(26)24-14-12-23(13-15-24)20-7-5-4-6-19(20)22/h4-11,16H,12-15H2,1-3H3. The average molecular weight is 436 g/mol. The van der Waals surface area contributed by atoms with Crippen molar-refractivity contribution < 1.29 is 22.3 Å². The maximum absolute atomic E-state index is 14.0. The number of benzene rings is 2. The molecule has 1 saturated heterocycles. The lowest BCUT2D eigenvalue weighted by atomic mass is 10.2. The monoisotopic (exact) mass is 435 g/mol. The van der Waals surface area contributed by atoms with Gasteiger partial charge in [0.05, 0.1) is 24.7 Å². The van der Waals surface area contributed by atoms with Crippen LogP contribution in [0, 0.1) is 5.82 Å². The van der Waals surface area contributed by atoms with E-state index in [-0.39, 0.29) is 11.7 Å². The minimum Gasteiger partial charge on any atom is -0.497 e. The summed E-state index contributed by atoms with van der Waals surface area (Å²) in [5, 5.41) is 0. The van der Waals surface area contributed by atoms with Gasteiger partial charge in [0, 0.05) is 26.2 Å². The van der Waals surface area contributed by atoms with E-state index >= 15 is 0 Å². The van der Waals surface area contributed by atoms with E-state index < -0.39 is 16.1 Å². The van der Waals surface area contributed by atoms with Gasteiger partial charge in [-0.15, -0.1) is 0 Å². The lowest BCUT2D eigenvalue weighted by Crippen LogP contribution is -2.55. The average Bonchev–Trinajstić information content (AvgIpc) is 2.73. The Hall–Kier alpha value is -2.81. The fraction of sp³-hybridized carbons (Fsp3) is 0.381. The largest absolute Gasteiger partial charge is 0.497 e. The normalized spacial score (nSPS) is 15.6. The number of halogens is 1. The molecule has 1 heterocycles. The Kier molecular flexibility index (Phi) is 6.50. The number of carbonyl (C=O) groups is 1. The summed E-state index contributed by atoms with van der Waals surface area (Å²) < 4.78 is 45.2. The highest BCUT2D eigenvalue weighted by molar-refractivity contribution is 7.92. The van der Waals surface area contributed by atoms with Crippen molar-refractivity contribution in [2.45, 2.75) is 13.0 Å². The summed E-state index contributed by atoms with van der Waals surface area (Å²) in [5.74, 6) is 0.00766. The third-order valence-corrected chi connectivity index (χ3v) is 6.42. The van der Waals surface area contributed by atoms with Crippen LogP contribution in [0.3, 0.4) is 0 Å². The van der Waals surface area contributed by atoms with E-state index in [1.165, 1.54) is 13.2 Å². The number of hydrogen-bond acceptors (Lipinski definition) is 5. The molecule has 30 heavy (non-hydrogen) atoms. The van der Waals surface area contributed by atoms with Crippen LogP contribution in [0.4, 0.5) is 15.8 Å². The zero-order valence-electron chi connectivity index (χ0n) is 17.3. The summed E-state index contributed by atoms with van der Waals surface area (Å²) >= 11 is 0. The number of hydrogen-bond donors (Lipinski definition) is 0. The summed E-state index contributed by atoms with van der Waals surface area (Å²) in [6, 6.07) is 12.2. The Morgan fingerprint density at radius 2 is 1.67 bits per heavy atom. The molecule has 0 bridgehead atoms. The molecule has 0 radical (unpaired) electrons. The van der Waals surface area contributed by atoms with Gasteiger partial charge in [0.1, 0.15) is 17.6 Å². The number of piperazine rings is 1. The molecule has 0 spiro atoms. The molecule has 2 aromatic carbocycles. The molecule has 0 N–H and O–H groups in total. The Morgan fingerprint density at radius 3 is 2.20 bits per heavy atom. The number of rotatable bonds is 6. The molecule has 3 rings (SSSR count). The van der Waals surface area contributed by atoms with Gasteiger partial charge >= 0.3 is 0 Å². The van der Waals surface area contributed by atoms with Crippen LogP contribution in [-0.2, 0) is 14.8 Å². The van der Waals surface area contributed by atoms with E-state index in [1.807, 2.05) is 4.90 Å².